The van der Waals surface area contributed by atoms with Gasteiger partial charge in [0.15, 0.2) is 0 Å². The van der Waals surface area contributed by atoms with E-state index in [0.717, 1.165) is 22.3 Å². The number of aliphatic carboxylic acids is 1. The fourth-order valence-corrected chi connectivity index (χ4v) is 4.88. The lowest BCUT2D eigenvalue weighted by Crippen LogP contribution is -2.66. The van der Waals surface area contributed by atoms with E-state index in [2.05, 4.69) is 29.6 Å². The lowest BCUT2D eigenvalue weighted by molar-refractivity contribution is -0.179. The lowest BCUT2D eigenvalue weighted by Gasteiger charge is -2.49. The first-order valence-corrected chi connectivity index (χ1v) is 11.9. The van der Waals surface area contributed by atoms with Crippen molar-refractivity contribution in [3.63, 3.8) is 0 Å². The molecular weight excluding hydrogens is 448 g/mol. The number of likely N-dealkylation sites (tertiary alicyclic amines) is 1. The molecule has 0 saturated carbocycles. The molecule has 1 aliphatic heterocycles. The molecule has 1 unspecified atom stereocenters. The Bertz CT molecular complexity index is 1080. The predicted molar refractivity (Wildman–Crippen MR) is 130 cm³/mol. The van der Waals surface area contributed by atoms with Crippen LogP contribution in [0.15, 0.2) is 48.5 Å². The van der Waals surface area contributed by atoms with Crippen LogP contribution < -0.4 is 5.32 Å². The number of amides is 2. The summed E-state index contributed by atoms with van der Waals surface area (Å²) in [6.45, 7) is 6.10. The third kappa shape index (κ3) is 5.03. The second kappa shape index (κ2) is 9.70. The van der Waals surface area contributed by atoms with Gasteiger partial charge < -0.3 is 24.8 Å². The van der Waals surface area contributed by atoms with Crippen LogP contribution in [0.2, 0.25) is 0 Å². The zero-order valence-electron chi connectivity index (χ0n) is 20.4. The van der Waals surface area contributed by atoms with Gasteiger partial charge in [0, 0.05) is 12.5 Å². The molecule has 1 fully saturated rings. The van der Waals surface area contributed by atoms with Crippen LogP contribution in [0.25, 0.3) is 11.1 Å². The van der Waals surface area contributed by atoms with Crippen LogP contribution >= 0.6 is 0 Å². The molecular formula is C27H32N2O6. The van der Waals surface area contributed by atoms with Gasteiger partial charge in [-0.15, -0.1) is 0 Å². The van der Waals surface area contributed by atoms with Gasteiger partial charge in [0.2, 0.25) is 5.91 Å². The molecule has 2 aromatic carbocycles. The van der Waals surface area contributed by atoms with E-state index in [1.807, 2.05) is 38.1 Å². The van der Waals surface area contributed by atoms with E-state index in [1.165, 1.54) is 0 Å². The van der Waals surface area contributed by atoms with Gasteiger partial charge in [-0.25, -0.2) is 9.59 Å². The van der Waals surface area contributed by atoms with Crippen molar-refractivity contribution >= 4 is 18.0 Å². The van der Waals surface area contributed by atoms with E-state index in [1.54, 1.807) is 11.8 Å². The minimum absolute atomic E-state index is 0.0306. The first kappa shape index (κ1) is 24.7. The summed E-state index contributed by atoms with van der Waals surface area (Å²) in [5.41, 5.74) is 3.13. The molecule has 2 amide bonds. The Morgan fingerprint density at radius 3 is 2.20 bits per heavy atom. The number of hydrogen-bond acceptors (Lipinski definition) is 5. The fourth-order valence-electron chi connectivity index (χ4n) is 4.88. The number of hydrogen-bond donors (Lipinski definition) is 2. The standard InChI is InChI=1S/C27H32N2O6/c1-4-26(2,24(32)29-16-27(3,17-29)35-14-23(30)31)15-28-25(33)34-13-22-20-11-7-5-9-18(20)19-10-6-8-12-21(19)22/h5-12,22H,4,13-17H2,1-3H3,(H,28,33)(H,30,31). The van der Waals surface area contributed by atoms with Gasteiger partial charge in [0.05, 0.1) is 18.5 Å². The van der Waals surface area contributed by atoms with Gasteiger partial charge in [-0.2, -0.15) is 0 Å². The highest BCUT2D eigenvalue weighted by molar-refractivity contribution is 5.84. The maximum Gasteiger partial charge on any atom is 0.407 e. The molecule has 0 bridgehead atoms. The van der Waals surface area contributed by atoms with E-state index in [-0.39, 0.29) is 25.0 Å². The Kier molecular flexibility index (Phi) is 6.85. The molecule has 0 spiro atoms. The molecule has 2 aliphatic rings. The Labute approximate surface area is 205 Å². The summed E-state index contributed by atoms with van der Waals surface area (Å²) in [6.07, 6.45) is -0.0313. The minimum atomic E-state index is -1.04. The topological polar surface area (TPSA) is 105 Å². The van der Waals surface area contributed by atoms with Crippen LogP contribution in [0.5, 0.6) is 0 Å². The van der Waals surface area contributed by atoms with Crippen LogP contribution in [-0.2, 0) is 19.1 Å². The molecule has 1 aliphatic carbocycles. The number of benzene rings is 2. The smallest absolute Gasteiger partial charge is 0.407 e. The van der Waals surface area contributed by atoms with Gasteiger partial charge in [0.1, 0.15) is 18.8 Å². The monoisotopic (exact) mass is 480 g/mol. The maximum atomic E-state index is 13.1. The molecule has 1 heterocycles. The Morgan fingerprint density at radius 1 is 1.09 bits per heavy atom. The molecule has 0 aromatic heterocycles. The Morgan fingerprint density at radius 2 is 1.66 bits per heavy atom. The number of rotatable bonds is 9. The number of carbonyl (C=O) groups is 3. The average Bonchev–Trinajstić information content (AvgIpc) is 3.16. The van der Waals surface area contributed by atoms with Crippen LogP contribution in [0, 0.1) is 5.41 Å². The SMILES string of the molecule is CCC(C)(CNC(=O)OCC1c2ccccc2-c2ccccc21)C(=O)N1CC(C)(OCC(=O)O)C1. The summed E-state index contributed by atoms with van der Waals surface area (Å²) >= 11 is 0. The number of nitrogens with zero attached hydrogens (tertiary/aromatic N) is 1. The van der Waals surface area contributed by atoms with Gasteiger partial charge in [-0.1, -0.05) is 55.5 Å². The van der Waals surface area contributed by atoms with Crippen LogP contribution in [0.1, 0.15) is 44.2 Å². The molecule has 35 heavy (non-hydrogen) atoms. The number of carboxylic acid groups (broad SMARTS) is 1. The maximum absolute atomic E-state index is 13.1. The van der Waals surface area contributed by atoms with Crippen molar-refractivity contribution in [2.45, 2.75) is 38.7 Å². The molecule has 1 atom stereocenters. The van der Waals surface area contributed by atoms with E-state index < -0.39 is 29.7 Å². The third-order valence-electron chi connectivity index (χ3n) is 7.15. The number of carboxylic acids is 1. The Hall–Kier alpha value is -3.39. The van der Waals surface area contributed by atoms with E-state index in [4.69, 9.17) is 14.6 Å². The van der Waals surface area contributed by atoms with Crippen LogP contribution in [-0.4, -0.2) is 66.4 Å². The summed E-state index contributed by atoms with van der Waals surface area (Å²) in [4.78, 5) is 38.1. The summed E-state index contributed by atoms with van der Waals surface area (Å²) in [7, 11) is 0. The van der Waals surface area contributed by atoms with E-state index in [0.29, 0.717) is 19.5 Å². The van der Waals surface area contributed by atoms with Crippen LogP contribution in [0.3, 0.4) is 0 Å². The van der Waals surface area contributed by atoms with Crippen molar-refractivity contribution in [1.82, 2.24) is 10.2 Å². The largest absolute Gasteiger partial charge is 0.480 e. The van der Waals surface area contributed by atoms with Crippen LogP contribution in [0.4, 0.5) is 4.79 Å². The molecule has 1 saturated heterocycles. The second-order valence-electron chi connectivity index (χ2n) is 9.89. The number of carbonyl (C=O) groups excluding carboxylic acids is 2. The van der Waals surface area contributed by atoms with Crippen molar-refractivity contribution < 1.29 is 29.0 Å². The fraction of sp³-hybridized carbons (Fsp3) is 0.444. The van der Waals surface area contributed by atoms with Crippen molar-refractivity contribution in [3.05, 3.63) is 59.7 Å². The first-order valence-electron chi connectivity index (χ1n) is 11.9. The van der Waals surface area contributed by atoms with Crippen molar-refractivity contribution in [3.8, 4) is 11.1 Å². The highest BCUT2D eigenvalue weighted by atomic mass is 16.5. The number of fused-ring (bicyclic) bond motifs is 3. The van der Waals surface area contributed by atoms with Crippen molar-refractivity contribution in [1.29, 1.82) is 0 Å². The van der Waals surface area contributed by atoms with Gasteiger partial charge >= 0.3 is 12.1 Å². The average molecular weight is 481 g/mol. The molecule has 2 N–H and O–H groups in total. The molecule has 8 heteroatoms. The van der Waals surface area contributed by atoms with E-state index in [9.17, 15) is 14.4 Å². The van der Waals surface area contributed by atoms with Crippen molar-refractivity contribution in [2.24, 2.45) is 5.41 Å². The first-order chi connectivity index (χ1) is 16.7. The minimum Gasteiger partial charge on any atom is -0.480 e. The zero-order chi connectivity index (χ0) is 25.2. The number of ether oxygens (including phenoxy) is 2. The quantitative estimate of drug-likeness (QED) is 0.568. The van der Waals surface area contributed by atoms with Crippen molar-refractivity contribution in [2.75, 3.05) is 32.8 Å². The molecule has 186 valence electrons. The zero-order valence-corrected chi connectivity index (χ0v) is 20.4. The molecule has 0 radical (unpaired) electrons. The molecule has 4 rings (SSSR count). The highest BCUT2D eigenvalue weighted by Crippen LogP contribution is 2.44. The molecule has 8 nitrogen and oxygen atoms in total. The van der Waals surface area contributed by atoms with E-state index >= 15 is 0 Å². The summed E-state index contributed by atoms with van der Waals surface area (Å²) < 4.78 is 11.0. The number of nitrogens with one attached hydrogen (secondary N) is 1. The summed E-state index contributed by atoms with van der Waals surface area (Å²) in [5.74, 6) is -1.17. The lowest BCUT2D eigenvalue weighted by atomic mass is 9.83. The number of alkyl carbamates (subject to hydrolysis) is 1. The van der Waals surface area contributed by atoms with Gasteiger partial charge in [-0.05, 0) is 42.5 Å². The highest BCUT2D eigenvalue weighted by Gasteiger charge is 2.47. The normalized spacial score (nSPS) is 17.5. The van der Waals surface area contributed by atoms with Gasteiger partial charge in [-0.3, -0.25) is 4.79 Å². The Balaban J connectivity index is 1.31. The summed E-state index contributed by atoms with van der Waals surface area (Å²) in [5, 5.41) is 11.6. The second-order valence-corrected chi connectivity index (χ2v) is 9.89. The van der Waals surface area contributed by atoms with Gasteiger partial charge in [0.25, 0.3) is 0 Å². The predicted octanol–water partition coefficient (Wildman–Crippen LogP) is 3.64. The molecule has 2 aromatic rings. The third-order valence-corrected chi connectivity index (χ3v) is 7.15. The summed E-state index contributed by atoms with van der Waals surface area (Å²) in [6, 6.07) is 16.3.